The van der Waals surface area contributed by atoms with Gasteiger partial charge in [-0.3, -0.25) is 4.72 Å². The molecule has 106 valence electrons. The van der Waals surface area contributed by atoms with Crippen molar-refractivity contribution in [3.8, 4) is 0 Å². The van der Waals surface area contributed by atoms with Gasteiger partial charge < -0.3 is 5.73 Å². The van der Waals surface area contributed by atoms with Crippen LogP contribution in [0.3, 0.4) is 0 Å². The van der Waals surface area contributed by atoms with E-state index in [2.05, 4.69) is 25.6 Å². The van der Waals surface area contributed by atoms with Crippen molar-refractivity contribution in [2.24, 2.45) is 0 Å². The van der Waals surface area contributed by atoms with E-state index in [1.165, 1.54) is 12.3 Å². The van der Waals surface area contributed by atoms with Crippen LogP contribution in [0.4, 0.5) is 20.3 Å². The molecule has 1 aromatic carbocycles. The van der Waals surface area contributed by atoms with Crippen molar-refractivity contribution < 1.29 is 13.0 Å². The van der Waals surface area contributed by atoms with Gasteiger partial charge in [-0.25, -0.2) is 18.0 Å². The molecule has 0 amide bonds. The Labute approximate surface area is 125 Å². The molecule has 0 bridgehead atoms. The number of benzene rings is 1. The summed E-state index contributed by atoms with van der Waals surface area (Å²) in [7, 11) is -1.81. The molecule has 0 aliphatic heterocycles. The normalized spacial score (nSPS) is 12.2. The molecule has 2 rings (SSSR count). The third-order valence-corrected chi connectivity index (χ3v) is 4.66. The Morgan fingerprint density at radius 3 is 2.75 bits per heavy atom. The minimum Gasteiger partial charge on any atom is -0.383 e. The number of anilines is 2. The quantitative estimate of drug-likeness (QED) is 0.882. The van der Waals surface area contributed by atoms with Crippen LogP contribution in [0.5, 0.6) is 0 Å². The van der Waals surface area contributed by atoms with Crippen molar-refractivity contribution in [2.75, 3.05) is 10.5 Å². The molecule has 3 N–H and O–H groups in total. The summed E-state index contributed by atoms with van der Waals surface area (Å²) in [5, 5.41) is 0. The van der Waals surface area contributed by atoms with E-state index in [1.807, 2.05) is 0 Å². The van der Waals surface area contributed by atoms with Crippen molar-refractivity contribution in [1.82, 2.24) is 4.98 Å². The zero-order valence-electron chi connectivity index (χ0n) is 10.3. The molecule has 0 fully saturated rings. The number of nitrogens with one attached hydrogen (secondary N) is 1. The molecule has 0 aliphatic rings. The van der Waals surface area contributed by atoms with Gasteiger partial charge in [-0.1, -0.05) is 0 Å². The molecule has 20 heavy (non-hydrogen) atoms. The summed E-state index contributed by atoms with van der Waals surface area (Å²) in [4.78, 5) is 4.14. The zero-order chi connectivity index (χ0) is 14.9. The predicted octanol–water partition coefficient (Wildman–Crippen LogP) is 3.15. The summed E-state index contributed by atoms with van der Waals surface area (Å²) in [5.41, 5.74) is 6.24. The van der Waals surface area contributed by atoms with Crippen LogP contribution in [0.1, 0.15) is 5.56 Å². The lowest BCUT2D eigenvalue weighted by Gasteiger charge is -2.12. The molecule has 1 aromatic heterocycles. The van der Waals surface area contributed by atoms with Crippen LogP contribution in [-0.4, -0.2) is 9.19 Å². The van der Waals surface area contributed by atoms with Crippen LogP contribution in [-0.2, 0) is 11.0 Å². The third-order valence-electron chi connectivity index (χ3n) is 2.57. The number of hydrogen-bond acceptors (Lipinski definition) is 3. The van der Waals surface area contributed by atoms with Crippen molar-refractivity contribution in [1.29, 1.82) is 0 Å². The van der Waals surface area contributed by atoms with Gasteiger partial charge in [0.15, 0.2) is 11.0 Å². The smallest absolute Gasteiger partial charge is 0.154 e. The highest BCUT2D eigenvalue weighted by Crippen LogP contribution is 2.27. The molecule has 2 aromatic rings. The van der Waals surface area contributed by atoms with E-state index in [0.717, 1.165) is 6.07 Å². The number of hydrogen-bond donors (Lipinski definition) is 2. The highest BCUT2D eigenvalue weighted by atomic mass is 79.9. The Kier molecular flexibility index (Phi) is 4.34. The van der Waals surface area contributed by atoms with Gasteiger partial charge in [0, 0.05) is 16.7 Å². The van der Waals surface area contributed by atoms with Crippen molar-refractivity contribution in [2.45, 2.75) is 11.8 Å². The van der Waals surface area contributed by atoms with Gasteiger partial charge in [-0.15, -0.1) is 0 Å². The first-order valence-electron chi connectivity index (χ1n) is 5.44. The van der Waals surface area contributed by atoms with Crippen LogP contribution >= 0.6 is 15.9 Å². The molecule has 1 unspecified atom stereocenters. The van der Waals surface area contributed by atoms with E-state index in [0.29, 0.717) is 16.1 Å². The number of aromatic nitrogens is 1. The number of rotatable bonds is 3. The van der Waals surface area contributed by atoms with Crippen LogP contribution < -0.4 is 10.5 Å². The second-order valence-corrected chi connectivity index (χ2v) is 5.94. The van der Waals surface area contributed by atoms with Crippen molar-refractivity contribution in [3.63, 3.8) is 0 Å². The molecular weight excluding hydrogens is 352 g/mol. The fourth-order valence-corrected chi connectivity index (χ4v) is 3.07. The van der Waals surface area contributed by atoms with Crippen molar-refractivity contribution >= 4 is 38.4 Å². The third kappa shape index (κ3) is 2.96. The molecule has 0 saturated heterocycles. The molecular formula is C12H10BrF2N3OS. The topological polar surface area (TPSA) is 68.0 Å². The Balaban J connectivity index is 2.36. The largest absolute Gasteiger partial charge is 0.383 e. The first-order chi connectivity index (χ1) is 9.40. The maximum Gasteiger partial charge on any atom is 0.154 e. The summed E-state index contributed by atoms with van der Waals surface area (Å²) in [5.74, 6) is -1.46. The average Bonchev–Trinajstić information content (AvgIpc) is 2.38. The average molecular weight is 362 g/mol. The summed E-state index contributed by atoms with van der Waals surface area (Å²) in [6.07, 6.45) is 1.49. The fraction of sp³-hybridized carbons (Fsp3) is 0.0833. The minimum absolute atomic E-state index is 0.0801. The Bertz CT molecular complexity index is 697. The lowest BCUT2D eigenvalue weighted by molar-refractivity contribution is 0.586. The van der Waals surface area contributed by atoms with Gasteiger partial charge >= 0.3 is 0 Å². The van der Waals surface area contributed by atoms with Crippen LogP contribution in [0.25, 0.3) is 0 Å². The molecule has 8 heteroatoms. The maximum atomic E-state index is 13.5. The van der Waals surface area contributed by atoms with Gasteiger partial charge in [0.05, 0.1) is 5.69 Å². The van der Waals surface area contributed by atoms with Gasteiger partial charge in [0.1, 0.15) is 22.3 Å². The number of halogens is 3. The Morgan fingerprint density at radius 1 is 1.40 bits per heavy atom. The summed E-state index contributed by atoms with van der Waals surface area (Å²) < 4.78 is 41.7. The first kappa shape index (κ1) is 14.9. The zero-order valence-corrected chi connectivity index (χ0v) is 12.7. The van der Waals surface area contributed by atoms with E-state index < -0.39 is 22.6 Å². The molecule has 0 aliphatic carbocycles. The molecule has 0 radical (unpaired) electrons. The van der Waals surface area contributed by atoms with Crippen LogP contribution in [0.15, 0.2) is 33.8 Å². The monoisotopic (exact) mass is 361 g/mol. The fourth-order valence-electron chi connectivity index (χ4n) is 1.54. The van der Waals surface area contributed by atoms with Gasteiger partial charge in [0.2, 0.25) is 0 Å². The van der Waals surface area contributed by atoms with E-state index >= 15 is 0 Å². The number of nitrogen functional groups attached to an aromatic ring is 1. The maximum absolute atomic E-state index is 13.5. The van der Waals surface area contributed by atoms with E-state index in [4.69, 9.17) is 5.73 Å². The second-order valence-electron chi connectivity index (χ2n) is 3.94. The summed E-state index contributed by atoms with van der Waals surface area (Å²) in [6.45, 7) is 1.71. The number of nitrogens with zero attached hydrogens (tertiary/aromatic N) is 1. The lowest BCUT2D eigenvalue weighted by Crippen LogP contribution is -2.11. The summed E-state index contributed by atoms with van der Waals surface area (Å²) >= 11 is 3.25. The Hall–Kier alpha value is -1.54. The molecule has 0 saturated carbocycles. The number of nitrogens with two attached hydrogens (primary N) is 1. The van der Waals surface area contributed by atoms with E-state index in [9.17, 15) is 13.0 Å². The van der Waals surface area contributed by atoms with Crippen molar-refractivity contribution in [3.05, 3.63) is 46.1 Å². The van der Waals surface area contributed by atoms with Crippen LogP contribution in [0, 0.1) is 18.6 Å². The molecule has 0 spiro atoms. The first-order valence-corrected chi connectivity index (χ1v) is 7.38. The minimum atomic E-state index is -1.81. The molecule has 1 atom stereocenters. The number of pyridine rings is 1. The standard InChI is InChI=1S/C12H10BrF2N3OS/c1-6-8(13)5-17-12(16)11(6)20(19)18-10-3-2-7(14)4-9(10)15/h2-5,18H,1H3,(H2,16,17). The highest BCUT2D eigenvalue weighted by Gasteiger charge is 2.16. The SMILES string of the molecule is Cc1c(Br)cnc(N)c1S(=O)Nc1ccc(F)cc1F. The van der Waals surface area contributed by atoms with Crippen LogP contribution in [0.2, 0.25) is 0 Å². The molecule has 4 nitrogen and oxygen atoms in total. The lowest BCUT2D eigenvalue weighted by atomic mass is 10.3. The Morgan fingerprint density at radius 2 is 2.10 bits per heavy atom. The predicted molar refractivity (Wildman–Crippen MR) is 77.5 cm³/mol. The summed E-state index contributed by atoms with van der Waals surface area (Å²) in [6, 6.07) is 2.94. The van der Waals surface area contributed by atoms with Gasteiger partial charge in [-0.05, 0) is 40.5 Å². The second kappa shape index (κ2) is 5.84. The van der Waals surface area contributed by atoms with Gasteiger partial charge in [0.25, 0.3) is 0 Å². The van der Waals surface area contributed by atoms with Gasteiger partial charge in [-0.2, -0.15) is 0 Å². The highest BCUT2D eigenvalue weighted by molar-refractivity contribution is 9.10. The molecule has 1 heterocycles. The van der Waals surface area contributed by atoms with E-state index in [-0.39, 0.29) is 16.4 Å². The van der Waals surface area contributed by atoms with E-state index in [1.54, 1.807) is 6.92 Å².